The summed E-state index contributed by atoms with van der Waals surface area (Å²) in [6.45, 7) is 2.02. The summed E-state index contributed by atoms with van der Waals surface area (Å²) in [4.78, 5) is 22.1. The van der Waals surface area contributed by atoms with E-state index >= 15 is 0 Å². The van der Waals surface area contributed by atoms with Gasteiger partial charge in [0.25, 0.3) is 5.91 Å². The molecule has 0 fully saturated rings. The maximum absolute atomic E-state index is 11.4. The molecule has 0 atom stereocenters. The summed E-state index contributed by atoms with van der Waals surface area (Å²) in [5.41, 5.74) is 7.86. The van der Waals surface area contributed by atoms with E-state index in [-0.39, 0.29) is 0 Å². The third-order valence-electron chi connectivity index (χ3n) is 2.03. The van der Waals surface area contributed by atoms with E-state index in [0.717, 1.165) is 0 Å². The van der Waals surface area contributed by atoms with Gasteiger partial charge in [0, 0.05) is 0 Å². The molecule has 0 aliphatic carbocycles. The molecule has 0 saturated carbocycles. The molecule has 98 valence electrons. The summed E-state index contributed by atoms with van der Waals surface area (Å²) in [5.74, 6) is -1.34. The summed E-state index contributed by atoms with van der Waals surface area (Å²) in [7, 11) is 0. The van der Waals surface area contributed by atoms with Crippen molar-refractivity contribution in [2.24, 2.45) is 10.8 Å². The maximum atomic E-state index is 11.4. The number of amides is 1. The molecule has 0 aliphatic heterocycles. The number of carbonyl (C=O) groups is 2. The Morgan fingerprint density at radius 3 is 2.53 bits per heavy atom. The smallest absolute Gasteiger partial charge is 0.338 e. The number of esters is 1. The molecule has 0 spiro atoms. The van der Waals surface area contributed by atoms with Gasteiger partial charge in [-0.15, -0.1) is 0 Å². The fourth-order valence-corrected chi connectivity index (χ4v) is 1.15. The monoisotopic (exact) mass is 260 g/mol. The largest absolute Gasteiger partial charge is 0.462 e. The van der Waals surface area contributed by atoms with Gasteiger partial charge in [0.2, 0.25) is 5.71 Å². The van der Waals surface area contributed by atoms with Crippen molar-refractivity contribution in [2.45, 2.75) is 6.92 Å². The molecule has 1 aromatic rings. The van der Waals surface area contributed by atoms with E-state index in [2.05, 4.69) is 10.5 Å². The Kier molecular flexibility index (Phi) is 5.04. The normalized spacial score (nSPS) is 10.4. The van der Waals surface area contributed by atoms with Gasteiger partial charge in [-0.1, -0.05) is 0 Å². The van der Waals surface area contributed by atoms with Crippen molar-refractivity contribution in [3.8, 4) is 6.07 Å². The summed E-state index contributed by atoms with van der Waals surface area (Å²) < 4.78 is 4.82. The number of hydrogen-bond acceptors (Lipinski definition) is 6. The number of nitriles is 1. The van der Waals surface area contributed by atoms with Crippen molar-refractivity contribution >= 4 is 23.3 Å². The van der Waals surface area contributed by atoms with Crippen LogP contribution in [0.2, 0.25) is 0 Å². The van der Waals surface area contributed by atoms with Crippen LogP contribution in [0.1, 0.15) is 17.3 Å². The van der Waals surface area contributed by atoms with Gasteiger partial charge in [-0.2, -0.15) is 10.4 Å². The number of nitrogens with zero attached hydrogens (tertiary/aromatic N) is 2. The van der Waals surface area contributed by atoms with Crippen molar-refractivity contribution in [3.63, 3.8) is 0 Å². The lowest BCUT2D eigenvalue weighted by Gasteiger charge is -2.03. The first kappa shape index (κ1) is 14.2. The number of carbonyl (C=O) groups excluding carboxylic acids is 2. The van der Waals surface area contributed by atoms with Gasteiger partial charge in [-0.25, -0.2) is 4.79 Å². The first-order chi connectivity index (χ1) is 9.08. The Morgan fingerprint density at radius 1 is 1.42 bits per heavy atom. The quantitative estimate of drug-likeness (QED) is 0.457. The lowest BCUT2D eigenvalue weighted by atomic mass is 10.2. The number of nitrogens with two attached hydrogens (primary N) is 1. The highest BCUT2D eigenvalue weighted by Crippen LogP contribution is 2.10. The van der Waals surface area contributed by atoms with Crippen LogP contribution in [0.3, 0.4) is 0 Å². The molecule has 7 nitrogen and oxygen atoms in total. The van der Waals surface area contributed by atoms with Crippen LogP contribution in [-0.4, -0.2) is 24.2 Å². The van der Waals surface area contributed by atoms with Gasteiger partial charge < -0.3 is 10.5 Å². The molecule has 0 bridgehead atoms. The lowest BCUT2D eigenvalue weighted by molar-refractivity contribution is -0.111. The molecule has 1 amide bonds. The molecule has 1 rings (SSSR count). The van der Waals surface area contributed by atoms with Crippen LogP contribution in [0.25, 0.3) is 0 Å². The lowest BCUT2D eigenvalue weighted by Crippen LogP contribution is -2.22. The van der Waals surface area contributed by atoms with Crippen molar-refractivity contribution < 1.29 is 14.3 Å². The predicted octanol–water partition coefficient (Wildman–Crippen LogP) is 0.640. The second-order valence-corrected chi connectivity index (χ2v) is 3.35. The molecule has 0 heterocycles. The fraction of sp³-hybridized carbons (Fsp3) is 0.167. The fourth-order valence-electron chi connectivity index (χ4n) is 1.15. The number of nitrogens with one attached hydrogen (secondary N) is 1. The zero-order chi connectivity index (χ0) is 14.3. The maximum Gasteiger partial charge on any atom is 0.338 e. The van der Waals surface area contributed by atoms with Gasteiger partial charge in [-0.3, -0.25) is 10.2 Å². The minimum Gasteiger partial charge on any atom is -0.462 e. The predicted molar refractivity (Wildman–Crippen MR) is 68.3 cm³/mol. The third-order valence-corrected chi connectivity index (χ3v) is 2.03. The highest BCUT2D eigenvalue weighted by atomic mass is 16.5. The minimum absolute atomic E-state index is 0.299. The number of primary amides is 1. The second kappa shape index (κ2) is 6.76. The van der Waals surface area contributed by atoms with Crippen molar-refractivity contribution in [1.82, 2.24) is 0 Å². The Morgan fingerprint density at radius 2 is 2.05 bits per heavy atom. The Labute approximate surface area is 109 Å². The van der Waals surface area contributed by atoms with Crippen LogP contribution >= 0.6 is 0 Å². The van der Waals surface area contributed by atoms with Gasteiger partial charge >= 0.3 is 5.97 Å². The first-order valence-electron chi connectivity index (χ1n) is 5.39. The minimum atomic E-state index is -0.918. The third kappa shape index (κ3) is 4.12. The van der Waals surface area contributed by atoms with E-state index < -0.39 is 17.6 Å². The summed E-state index contributed by atoms with van der Waals surface area (Å²) in [5, 5.41) is 12.1. The standard InChI is InChI=1S/C12H12N4O3/c1-2-19-12(18)8-3-5-9(6-4-8)15-16-10(7-13)11(14)17/h3-6,15H,2H2,1H3,(H2,14,17)/b16-10-. The topological polar surface area (TPSA) is 118 Å². The molecule has 0 aliphatic rings. The molecule has 1 aromatic carbocycles. The summed E-state index contributed by atoms with van der Waals surface area (Å²) >= 11 is 0. The average Bonchev–Trinajstić information content (AvgIpc) is 2.40. The van der Waals surface area contributed by atoms with E-state index in [4.69, 9.17) is 15.7 Å². The Balaban J connectivity index is 2.75. The van der Waals surface area contributed by atoms with Crippen molar-refractivity contribution in [2.75, 3.05) is 12.0 Å². The molecule has 0 saturated heterocycles. The molecule has 19 heavy (non-hydrogen) atoms. The molecule has 3 N–H and O–H groups in total. The van der Waals surface area contributed by atoms with Crippen LogP contribution in [0.5, 0.6) is 0 Å². The van der Waals surface area contributed by atoms with Gasteiger partial charge in [0.15, 0.2) is 0 Å². The van der Waals surface area contributed by atoms with Crippen LogP contribution in [0.15, 0.2) is 29.4 Å². The van der Waals surface area contributed by atoms with Gasteiger partial charge in [-0.05, 0) is 31.2 Å². The van der Waals surface area contributed by atoms with E-state index in [1.54, 1.807) is 25.1 Å². The van der Waals surface area contributed by atoms with E-state index in [9.17, 15) is 9.59 Å². The van der Waals surface area contributed by atoms with Crippen LogP contribution in [0, 0.1) is 11.3 Å². The first-order valence-corrected chi connectivity index (χ1v) is 5.39. The van der Waals surface area contributed by atoms with Gasteiger partial charge in [0.05, 0.1) is 17.9 Å². The van der Waals surface area contributed by atoms with Crippen LogP contribution in [0.4, 0.5) is 5.69 Å². The highest BCUT2D eigenvalue weighted by Gasteiger charge is 2.06. The summed E-state index contributed by atoms with van der Waals surface area (Å²) in [6.07, 6.45) is 0. The molecule has 7 heteroatoms. The molecule has 0 unspecified atom stereocenters. The summed E-state index contributed by atoms with van der Waals surface area (Å²) in [6, 6.07) is 7.75. The van der Waals surface area contributed by atoms with E-state index in [1.807, 2.05) is 0 Å². The second-order valence-electron chi connectivity index (χ2n) is 3.35. The number of hydrazone groups is 1. The Hall–Kier alpha value is -2.88. The Bertz CT molecular complexity index is 543. The molecule has 0 radical (unpaired) electrons. The van der Waals surface area contributed by atoms with E-state index in [0.29, 0.717) is 17.9 Å². The number of ether oxygens (including phenoxy) is 1. The molecular weight excluding hydrogens is 248 g/mol. The molecule has 0 aromatic heterocycles. The number of hydrogen-bond donors (Lipinski definition) is 2. The van der Waals surface area contributed by atoms with Crippen molar-refractivity contribution in [1.29, 1.82) is 5.26 Å². The van der Waals surface area contributed by atoms with Crippen molar-refractivity contribution in [3.05, 3.63) is 29.8 Å². The zero-order valence-corrected chi connectivity index (χ0v) is 10.2. The number of rotatable bonds is 5. The average molecular weight is 260 g/mol. The van der Waals surface area contributed by atoms with E-state index in [1.165, 1.54) is 12.1 Å². The number of benzene rings is 1. The van der Waals surface area contributed by atoms with Gasteiger partial charge in [0.1, 0.15) is 6.07 Å². The highest BCUT2D eigenvalue weighted by molar-refractivity contribution is 6.44. The van der Waals surface area contributed by atoms with Crippen LogP contribution < -0.4 is 11.2 Å². The van der Waals surface area contributed by atoms with Crippen LogP contribution in [-0.2, 0) is 9.53 Å². The molecular formula is C12H12N4O3. The zero-order valence-electron chi connectivity index (χ0n) is 10.2. The number of anilines is 1. The SMILES string of the molecule is CCOC(=O)c1ccc(N/N=C(/C#N)C(N)=O)cc1.